The summed E-state index contributed by atoms with van der Waals surface area (Å²) in [5.74, 6) is -0.452. The van der Waals surface area contributed by atoms with E-state index in [1.807, 2.05) is 6.92 Å². The van der Waals surface area contributed by atoms with Crippen LogP contribution in [0.25, 0.3) is 0 Å². The fourth-order valence-electron chi connectivity index (χ4n) is 0.941. The SMILES string of the molecule is CCOC(=O)C(CC)NCC(=O)NC. The molecule has 82 valence electrons. The zero-order chi connectivity index (χ0) is 11.0. The van der Waals surface area contributed by atoms with Crippen LogP contribution in [0.3, 0.4) is 0 Å². The number of rotatable bonds is 6. The molecular weight excluding hydrogens is 184 g/mol. The molecule has 1 amide bonds. The van der Waals surface area contributed by atoms with Crippen LogP contribution >= 0.6 is 0 Å². The first-order chi connectivity index (χ1) is 6.65. The highest BCUT2D eigenvalue weighted by atomic mass is 16.5. The Bertz CT molecular complexity index is 194. The van der Waals surface area contributed by atoms with Gasteiger partial charge in [-0.3, -0.25) is 14.9 Å². The van der Waals surface area contributed by atoms with Gasteiger partial charge in [0.05, 0.1) is 13.2 Å². The highest BCUT2D eigenvalue weighted by Gasteiger charge is 2.17. The van der Waals surface area contributed by atoms with E-state index < -0.39 is 6.04 Å². The second-order valence-corrected chi connectivity index (χ2v) is 2.77. The van der Waals surface area contributed by atoms with Crippen LogP contribution in [0, 0.1) is 0 Å². The van der Waals surface area contributed by atoms with Gasteiger partial charge < -0.3 is 10.1 Å². The molecule has 0 aliphatic carbocycles. The van der Waals surface area contributed by atoms with Crippen molar-refractivity contribution in [1.82, 2.24) is 10.6 Å². The number of hydrogen-bond donors (Lipinski definition) is 2. The van der Waals surface area contributed by atoms with Crippen LogP contribution in [0.15, 0.2) is 0 Å². The zero-order valence-corrected chi connectivity index (χ0v) is 8.92. The minimum Gasteiger partial charge on any atom is -0.465 e. The van der Waals surface area contributed by atoms with Gasteiger partial charge >= 0.3 is 5.97 Å². The molecular formula is C9H18N2O3. The molecule has 0 aromatic heterocycles. The van der Waals surface area contributed by atoms with E-state index >= 15 is 0 Å². The van der Waals surface area contributed by atoms with Gasteiger partial charge in [-0.15, -0.1) is 0 Å². The first-order valence-electron chi connectivity index (χ1n) is 4.76. The van der Waals surface area contributed by atoms with Crippen molar-refractivity contribution < 1.29 is 14.3 Å². The molecule has 2 N–H and O–H groups in total. The fourth-order valence-corrected chi connectivity index (χ4v) is 0.941. The summed E-state index contributed by atoms with van der Waals surface area (Å²) in [5, 5.41) is 5.28. The average molecular weight is 202 g/mol. The lowest BCUT2D eigenvalue weighted by molar-refractivity contribution is -0.145. The van der Waals surface area contributed by atoms with E-state index in [1.54, 1.807) is 14.0 Å². The number of carbonyl (C=O) groups is 2. The van der Waals surface area contributed by atoms with Crippen LogP contribution in [0.5, 0.6) is 0 Å². The van der Waals surface area contributed by atoms with Crippen molar-refractivity contribution in [2.45, 2.75) is 26.3 Å². The molecule has 14 heavy (non-hydrogen) atoms. The van der Waals surface area contributed by atoms with Crippen molar-refractivity contribution in [1.29, 1.82) is 0 Å². The molecule has 0 radical (unpaired) electrons. The molecule has 0 spiro atoms. The van der Waals surface area contributed by atoms with Crippen LogP contribution in [0.2, 0.25) is 0 Å². The molecule has 0 aromatic carbocycles. The van der Waals surface area contributed by atoms with Crippen molar-refractivity contribution in [3.05, 3.63) is 0 Å². The highest BCUT2D eigenvalue weighted by Crippen LogP contribution is 1.94. The standard InChI is InChI=1S/C9H18N2O3/c1-4-7(9(13)14-5-2)11-6-8(12)10-3/h7,11H,4-6H2,1-3H3,(H,10,12). The Balaban J connectivity index is 3.90. The number of likely N-dealkylation sites (N-methyl/N-ethyl adjacent to an activating group) is 1. The summed E-state index contributed by atoms with van der Waals surface area (Å²) in [6, 6.07) is -0.396. The van der Waals surface area contributed by atoms with Gasteiger partial charge in [0.2, 0.25) is 5.91 Å². The third kappa shape index (κ3) is 4.81. The van der Waals surface area contributed by atoms with Crippen LogP contribution in [0.4, 0.5) is 0 Å². The number of ether oxygens (including phenoxy) is 1. The number of esters is 1. The van der Waals surface area contributed by atoms with E-state index in [4.69, 9.17) is 4.74 Å². The molecule has 0 saturated carbocycles. The number of carbonyl (C=O) groups excluding carboxylic acids is 2. The zero-order valence-electron chi connectivity index (χ0n) is 8.92. The maximum atomic E-state index is 11.3. The van der Waals surface area contributed by atoms with Crippen molar-refractivity contribution in [2.75, 3.05) is 20.2 Å². The minimum atomic E-state index is -0.396. The maximum absolute atomic E-state index is 11.3. The largest absolute Gasteiger partial charge is 0.465 e. The Morgan fingerprint density at radius 2 is 2.00 bits per heavy atom. The number of nitrogens with one attached hydrogen (secondary N) is 2. The quantitative estimate of drug-likeness (QED) is 0.578. The van der Waals surface area contributed by atoms with Crippen LogP contribution < -0.4 is 10.6 Å². The van der Waals surface area contributed by atoms with Gasteiger partial charge in [-0.25, -0.2) is 0 Å². The maximum Gasteiger partial charge on any atom is 0.323 e. The molecule has 0 saturated heterocycles. The molecule has 0 fully saturated rings. The minimum absolute atomic E-state index is 0.133. The normalized spacial score (nSPS) is 11.9. The van der Waals surface area contributed by atoms with Gasteiger partial charge in [-0.05, 0) is 13.3 Å². The van der Waals surface area contributed by atoms with E-state index in [0.29, 0.717) is 13.0 Å². The van der Waals surface area contributed by atoms with E-state index in [-0.39, 0.29) is 18.4 Å². The van der Waals surface area contributed by atoms with Crippen LogP contribution in [-0.2, 0) is 14.3 Å². The summed E-state index contributed by atoms with van der Waals surface area (Å²) in [7, 11) is 1.55. The lowest BCUT2D eigenvalue weighted by Crippen LogP contribution is -2.42. The van der Waals surface area contributed by atoms with E-state index in [0.717, 1.165) is 0 Å². The van der Waals surface area contributed by atoms with E-state index in [2.05, 4.69) is 10.6 Å². The molecule has 0 bridgehead atoms. The van der Waals surface area contributed by atoms with Crippen molar-refractivity contribution in [2.24, 2.45) is 0 Å². The Labute approximate surface area is 84.2 Å². The highest BCUT2D eigenvalue weighted by molar-refractivity contribution is 5.80. The summed E-state index contributed by atoms with van der Waals surface area (Å²) in [4.78, 5) is 22.1. The van der Waals surface area contributed by atoms with Crippen molar-refractivity contribution in [3.8, 4) is 0 Å². The first-order valence-corrected chi connectivity index (χ1v) is 4.76. The molecule has 1 unspecified atom stereocenters. The van der Waals surface area contributed by atoms with E-state index in [9.17, 15) is 9.59 Å². The average Bonchev–Trinajstić information content (AvgIpc) is 2.18. The number of hydrogen-bond acceptors (Lipinski definition) is 4. The Morgan fingerprint density at radius 1 is 1.36 bits per heavy atom. The fraction of sp³-hybridized carbons (Fsp3) is 0.778. The van der Waals surface area contributed by atoms with Gasteiger partial charge in [0.1, 0.15) is 6.04 Å². The molecule has 1 atom stereocenters. The molecule has 0 rings (SSSR count). The number of amides is 1. The Hall–Kier alpha value is -1.10. The molecule has 5 heteroatoms. The molecule has 0 heterocycles. The Kier molecular flexibility index (Phi) is 6.74. The smallest absolute Gasteiger partial charge is 0.323 e. The van der Waals surface area contributed by atoms with E-state index in [1.165, 1.54) is 0 Å². The molecule has 5 nitrogen and oxygen atoms in total. The summed E-state index contributed by atoms with van der Waals surface area (Å²) >= 11 is 0. The third-order valence-electron chi connectivity index (χ3n) is 1.77. The van der Waals surface area contributed by atoms with Gasteiger partial charge in [0.25, 0.3) is 0 Å². The van der Waals surface area contributed by atoms with Crippen molar-refractivity contribution >= 4 is 11.9 Å². The monoisotopic (exact) mass is 202 g/mol. The second kappa shape index (κ2) is 7.32. The van der Waals surface area contributed by atoms with Crippen molar-refractivity contribution in [3.63, 3.8) is 0 Å². The predicted molar refractivity (Wildman–Crippen MR) is 52.8 cm³/mol. The lowest BCUT2D eigenvalue weighted by Gasteiger charge is -2.14. The third-order valence-corrected chi connectivity index (χ3v) is 1.77. The van der Waals surface area contributed by atoms with Gasteiger partial charge in [0, 0.05) is 7.05 Å². The molecule has 0 aliphatic heterocycles. The van der Waals surface area contributed by atoms with Crippen LogP contribution in [0.1, 0.15) is 20.3 Å². The first kappa shape index (κ1) is 12.9. The predicted octanol–water partition coefficient (Wildman–Crippen LogP) is -0.336. The van der Waals surface area contributed by atoms with Crippen LogP contribution in [-0.4, -0.2) is 38.1 Å². The summed E-state index contributed by atoms with van der Waals surface area (Å²) < 4.78 is 4.83. The Morgan fingerprint density at radius 3 is 2.43 bits per heavy atom. The van der Waals surface area contributed by atoms with Gasteiger partial charge in [0.15, 0.2) is 0 Å². The van der Waals surface area contributed by atoms with Gasteiger partial charge in [-0.1, -0.05) is 6.92 Å². The second-order valence-electron chi connectivity index (χ2n) is 2.77. The summed E-state index contributed by atoms with van der Waals surface area (Å²) in [6.07, 6.45) is 0.607. The van der Waals surface area contributed by atoms with Gasteiger partial charge in [-0.2, -0.15) is 0 Å². The molecule has 0 aliphatic rings. The topological polar surface area (TPSA) is 67.4 Å². The molecule has 0 aromatic rings. The summed E-state index contributed by atoms with van der Waals surface area (Å²) in [5.41, 5.74) is 0. The summed E-state index contributed by atoms with van der Waals surface area (Å²) in [6.45, 7) is 4.10. The lowest BCUT2D eigenvalue weighted by atomic mass is 10.2.